The molecular formula is C14H26O2. The maximum atomic E-state index is 10.8. The second-order valence-corrected chi connectivity index (χ2v) is 4.12. The SMILES string of the molecule is CC/C=C/CCCCCCCCC(=O)OC. The average molecular weight is 226 g/mol. The predicted molar refractivity (Wildman–Crippen MR) is 68.4 cm³/mol. The molecule has 2 heteroatoms. The molecule has 0 amide bonds. The third kappa shape index (κ3) is 11.3. The molecule has 0 saturated carbocycles. The van der Waals surface area contributed by atoms with Gasteiger partial charge in [-0.3, -0.25) is 4.79 Å². The highest BCUT2D eigenvalue weighted by molar-refractivity contribution is 5.68. The molecule has 2 nitrogen and oxygen atoms in total. The van der Waals surface area contributed by atoms with E-state index in [1.54, 1.807) is 0 Å². The number of carbonyl (C=O) groups excluding carboxylic acids is 1. The smallest absolute Gasteiger partial charge is 0.305 e. The van der Waals surface area contributed by atoms with E-state index < -0.39 is 0 Å². The average Bonchev–Trinajstić information content (AvgIpc) is 2.31. The normalized spacial score (nSPS) is 10.9. The van der Waals surface area contributed by atoms with Crippen LogP contribution in [0, 0.1) is 0 Å². The Kier molecular flexibility index (Phi) is 11.7. The molecule has 0 heterocycles. The highest BCUT2D eigenvalue weighted by Gasteiger charge is 1.98. The molecule has 0 spiro atoms. The molecule has 0 rings (SSSR count). The first-order valence-electron chi connectivity index (χ1n) is 6.53. The lowest BCUT2D eigenvalue weighted by atomic mass is 10.1. The second-order valence-electron chi connectivity index (χ2n) is 4.12. The summed E-state index contributed by atoms with van der Waals surface area (Å²) < 4.78 is 4.59. The summed E-state index contributed by atoms with van der Waals surface area (Å²) in [6.07, 6.45) is 14.7. The van der Waals surface area contributed by atoms with Crippen LogP contribution in [0.15, 0.2) is 12.2 Å². The maximum absolute atomic E-state index is 10.8. The number of unbranched alkanes of at least 4 members (excludes halogenated alkanes) is 6. The van der Waals surface area contributed by atoms with E-state index in [4.69, 9.17) is 0 Å². The lowest BCUT2D eigenvalue weighted by molar-refractivity contribution is -0.140. The molecule has 0 fully saturated rings. The number of hydrogen-bond acceptors (Lipinski definition) is 2. The zero-order valence-corrected chi connectivity index (χ0v) is 10.8. The van der Waals surface area contributed by atoms with E-state index in [0.29, 0.717) is 6.42 Å². The van der Waals surface area contributed by atoms with Crippen molar-refractivity contribution in [3.63, 3.8) is 0 Å². The molecule has 0 radical (unpaired) electrons. The number of allylic oxidation sites excluding steroid dienone is 2. The van der Waals surface area contributed by atoms with Crippen molar-refractivity contribution in [2.45, 2.75) is 64.7 Å². The summed E-state index contributed by atoms with van der Waals surface area (Å²) in [6, 6.07) is 0. The Morgan fingerprint density at radius 1 is 1.00 bits per heavy atom. The zero-order valence-electron chi connectivity index (χ0n) is 10.8. The summed E-state index contributed by atoms with van der Waals surface area (Å²) >= 11 is 0. The summed E-state index contributed by atoms with van der Waals surface area (Å²) in [4.78, 5) is 10.8. The molecule has 0 unspecified atom stereocenters. The summed E-state index contributed by atoms with van der Waals surface area (Å²) in [7, 11) is 1.45. The minimum absolute atomic E-state index is 0.0790. The Bertz CT molecular complexity index is 185. The monoisotopic (exact) mass is 226 g/mol. The van der Waals surface area contributed by atoms with Gasteiger partial charge >= 0.3 is 5.97 Å². The van der Waals surface area contributed by atoms with Crippen LogP contribution in [0.5, 0.6) is 0 Å². The first kappa shape index (κ1) is 15.2. The predicted octanol–water partition coefficient (Wildman–Crippen LogP) is 4.25. The number of ether oxygens (including phenoxy) is 1. The van der Waals surface area contributed by atoms with E-state index in [1.165, 1.54) is 39.2 Å². The number of hydrogen-bond donors (Lipinski definition) is 0. The first-order valence-corrected chi connectivity index (χ1v) is 6.53. The number of rotatable bonds is 10. The van der Waals surface area contributed by atoms with Crippen LogP contribution in [0.4, 0.5) is 0 Å². The van der Waals surface area contributed by atoms with Gasteiger partial charge < -0.3 is 4.74 Å². The van der Waals surface area contributed by atoms with Crippen LogP contribution in [0.1, 0.15) is 64.7 Å². The van der Waals surface area contributed by atoms with E-state index in [-0.39, 0.29) is 5.97 Å². The molecule has 0 N–H and O–H groups in total. The van der Waals surface area contributed by atoms with Gasteiger partial charge in [-0.15, -0.1) is 0 Å². The standard InChI is InChI=1S/C14H26O2/c1-3-4-5-6-7-8-9-10-11-12-13-14(15)16-2/h4-5H,3,6-13H2,1-2H3/b5-4+. The van der Waals surface area contributed by atoms with E-state index in [1.807, 2.05) is 0 Å². The lowest BCUT2D eigenvalue weighted by Crippen LogP contribution is -1.99. The van der Waals surface area contributed by atoms with Crippen molar-refractivity contribution in [3.8, 4) is 0 Å². The Balaban J connectivity index is 3.04. The van der Waals surface area contributed by atoms with Crippen LogP contribution in [-0.2, 0) is 9.53 Å². The van der Waals surface area contributed by atoms with E-state index >= 15 is 0 Å². The highest BCUT2D eigenvalue weighted by Crippen LogP contribution is 2.09. The Labute approximate surface area is 100 Å². The first-order chi connectivity index (χ1) is 7.81. The van der Waals surface area contributed by atoms with E-state index in [0.717, 1.165) is 19.3 Å². The minimum atomic E-state index is -0.0790. The van der Waals surface area contributed by atoms with Gasteiger partial charge in [0.2, 0.25) is 0 Å². The van der Waals surface area contributed by atoms with Crippen molar-refractivity contribution < 1.29 is 9.53 Å². The van der Waals surface area contributed by atoms with Gasteiger partial charge in [0.1, 0.15) is 0 Å². The third-order valence-corrected chi connectivity index (χ3v) is 2.63. The Morgan fingerprint density at radius 3 is 2.25 bits per heavy atom. The van der Waals surface area contributed by atoms with Crippen molar-refractivity contribution in [2.24, 2.45) is 0 Å². The lowest BCUT2D eigenvalue weighted by Gasteiger charge is -2.00. The molecule has 0 saturated heterocycles. The van der Waals surface area contributed by atoms with Crippen molar-refractivity contribution in [3.05, 3.63) is 12.2 Å². The number of carbonyl (C=O) groups is 1. The number of methoxy groups -OCH3 is 1. The molecule has 0 atom stereocenters. The van der Waals surface area contributed by atoms with Crippen molar-refractivity contribution in [1.82, 2.24) is 0 Å². The highest BCUT2D eigenvalue weighted by atomic mass is 16.5. The van der Waals surface area contributed by atoms with Crippen molar-refractivity contribution >= 4 is 5.97 Å². The molecule has 16 heavy (non-hydrogen) atoms. The quantitative estimate of drug-likeness (QED) is 0.316. The van der Waals surface area contributed by atoms with Gasteiger partial charge in [-0.1, -0.05) is 44.8 Å². The summed E-state index contributed by atoms with van der Waals surface area (Å²) in [5.41, 5.74) is 0. The molecule has 94 valence electrons. The molecular weight excluding hydrogens is 200 g/mol. The van der Waals surface area contributed by atoms with Crippen molar-refractivity contribution in [1.29, 1.82) is 0 Å². The van der Waals surface area contributed by atoms with Gasteiger partial charge in [-0.25, -0.2) is 0 Å². The van der Waals surface area contributed by atoms with Crippen LogP contribution < -0.4 is 0 Å². The molecule has 0 aromatic carbocycles. The maximum Gasteiger partial charge on any atom is 0.305 e. The van der Waals surface area contributed by atoms with Crippen LogP contribution >= 0.6 is 0 Å². The molecule has 0 aromatic heterocycles. The molecule has 0 aliphatic rings. The van der Waals surface area contributed by atoms with Crippen LogP contribution in [0.3, 0.4) is 0 Å². The van der Waals surface area contributed by atoms with Crippen LogP contribution in [0.2, 0.25) is 0 Å². The number of esters is 1. The topological polar surface area (TPSA) is 26.3 Å². The van der Waals surface area contributed by atoms with Crippen LogP contribution in [-0.4, -0.2) is 13.1 Å². The Hall–Kier alpha value is -0.790. The van der Waals surface area contributed by atoms with E-state index in [9.17, 15) is 4.79 Å². The molecule has 0 bridgehead atoms. The second kappa shape index (κ2) is 12.3. The Morgan fingerprint density at radius 2 is 1.62 bits per heavy atom. The van der Waals surface area contributed by atoms with Crippen LogP contribution in [0.25, 0.3) is 0 Å². The summed E-state index contributed by atoms with van der Waals surface area (Å²) in [5.74, 6) is -0.0790. The van der Waals surface area contributed by atoms with Gasteiger partial charge in [0.25, 0.3) is 0 Å². The van der Waals surface area contributed by atoms with Gasteiger partial charge in [0.05, 0.1) is 7.11 Å². The fourth-order valence-corrected chi connectivity index (χ4v) is 1.63. The summed E-state index contributed by atoms with van der Waals surface area (Å²) in [5, 5.41) is 0. The largest absolute Gasteiger partial charge is 0.469 e. The molecule has 0 aromatic rings. The van der Waals surface area contributed by atoms with Gasteiger partial charge in [0.15, 0.2) is 0 Å². The van der Waals surface area contributed by atoms with Gasteiger partial charge in [-0.05, 0) is 25.7 Å². The van der Waals surface area contributed by atoms with Gasteiger partial charge in [-0.2, -0.15) is 0 Å². The third-order valence-electron chi connectivity index (χ3n) is 2.63. The fraction of sp³-hybridized carbons (Fsp3) is 0.786. The minimum Gasteiger partial charge on any atom is -0.469 e. The van der Waals surface area contributed by atoms with Gasteiger partial charge in [0, 0.05) is 6.42 Å². The molecule has 0 aliphatic carbocycles. The summed E-state index contributed by atoms with van der Waals surface area (Å²) in [6.45, 7) is 2.16. The van der Waals surface area contributed by atoms with E-state index in [2.05, 4.69) is 23.8 Å². The molecule has 0 aliphatic heterocycles. The fourth-order valence-electron chi connectivity index (χ4n) is 1.63. The zero-order chi connectivity index (χ0) is 12.1. The van der Waals surface area contributed by atoms with Crippen molar-refractivity contribution in [2.75, 3.05) is 7.11 Å².